The highest BCUT2D eigenvalue weighted by Gasteiger charge is 2.23. The van der Waals surface area contributed by atoms with Crippen LogP contribution in [-0.2, 0) is 20.5 Å². The van der Waals surface area contributed by atoms with Gasteiger partial charge >= 0.3 is 0 Å². The molecule has 7 heteroatoms. The first-order valence-electron chi connectivity index (χ1n) is 11.1. The maximum atomic E-state index is 11.6. The molecule has 1 aliphatic heterocycles. The zero-order chi connectivity index (χ0) is 23.1. The summed E-state index contributed by atoms with van der Waals surface area (Å²) < 4.78 is 19.0. The topological polar surface area (TPSA) is 70.7 Å². The van der Waals surface area contributed by atoms with Gasteiger partial charge in [0.2, 0.25) is 0 Å². The van der Waals surface area contributed by atoms with E-state index in [2.05, 4.69) is 36.3 Å². The van der Waals surface area contributed by atoms with E-state index < -0.39 is 11.0 Å². The molecular formula is C24H39N3O3S. The molecule has 0 bridgehead atoms. The molecule has 1 unspecified atom stereocenters. The number of anilines is 2. The van der Waals surface area contributed by atoms with Crippen LogP contribution in [0.2, 0.25) is 0 Å². The van der Waals surface area contributed by atoms with Crippen LogP contribution in [0, 0.1) is 23.7 Å². The minimum Gasteiger partial charge on any atom is -0.388 e. The Hall–Kier alpha value is -1.88. The van der Waals surface area contributed by atoms with Gasteiger partial charge in [0.15, 0.2) is 0 Å². The van der Waals surface area contributed by atoms with Crippen molar-refractivity contribution in [1.29, 1.82) is 0 Å². The predicted octanol–water partition coefficient (Wildman–Crippen LogP) is 3.79. The van der Waals surface area contributed by atoms with E-state index in [4.69, 9.17) is 4.74 Å². The van der Waals surface area contributed by atoms with E-state index >= 15 is 0 Å². The highest BCUT2D eigenvalue weighted by Crippen LogP contribution is 2.17. The van der Waals surface area contributed by atoms with Crippen LogP contribution in [0.25, 0.3) is 0 Å². The Kier molecular flexibility index (Phi) is 13.9. The molecule has 0 saturated carbocycles. The fraction of sp³-hybridized carbons (Fsp3) is 0.625. The van der Waals surface area contributed by atoms with E-state index in [-0.39, 0.29) is 11.2 Å². The maximum absolute atomic E-state index is 11.6. The SMILES string of the molecule is CC(C)S(=O)N1CCC(C=O)CC1.CNc1ccc(NCCOCC#CC(C)C)cc1. The summed E-state index contributed by atoms with van der Waals surface area (Å²) in [6, 6.07) is 8.17. The zero-order valence-electron chi connectivity index (χ0n) is 19.6. The van der Waals surface area contributed by atoms with Gasteiger partial charge in [-0.05, 0) is 51.0 Å². The van der Waals surface area contributed by atoms with Crippen LogP contribution < -0.4 is 10.6 Å². The number of hydrogen-bond acceptors (Lipinski definition) is 5. The van der Waals surface area contributed by atoms with Crippen molar-refractivity contribution in [2.75, 3.05) is 50.5 Å². The standard InChI is InChI=1S/C15H22N2O.C9H17NO2S/c1-13(2)5-4-11-18-12-10-17-15-8-6-14(16-3)7-9-15;1-8(2)13(12)10-5-3-9(7-11)4-6-10/h6-9,13,16-17H,10-12H2,1-3H3;7-9H,3-6H2,1-2H3. The number of nitrogens with one attached hydrogen (secondary N) is 2. The Morgan fingerprint density at radius 3 is 2.29 bits per heavy atom. The molecule has 6 nitrogen and oxygen atoms in total. The number of hydrogen-bond donors (Lipinski definition) is 2. The zero-order valence-corrected chi connectivity index (χ0v) is 20.5. The van der Waals surface area contributed by atoms with Gasteiger partial charge in [-0.2, -0.15) is 0 Å². The number of aldehydes is 1. The molecular weight excluding hydrogens is 410 g/mol. The molecule has 0 amide bonds. The van der Waals surface area contributed by atoms with Crippen LogP contribution >= 0.6 is 0 Å². The Bertz CT molecular complexity index is 703. The Balaban J connectivity index is 0.000000327. The first-order chi connectivity index (χ1) is 14.9. The summed E-state index contributed by atoms with van der Waals surface area (Å²) in [4.78, 5) is 10.5. The highest BCUT2D eigenvalue weighted by atomic mass is 32.2. The third-order valence-electron chi connectivity index (χ3n) is 4.66. The molecule has 2 N–H and O–H groups in total. The lowest BCUT2D eigenvalue weighted by molar-refractivity contribution is -0.112. The first-order valence-corrected chi connectivity index (χ1v) is 12.2. The molecule has 2 rings (SSSR count). The molecule has 1 fully saturated rings. The van der Waals surface area contributed by atoms with E-state index in [1.165, 1.54) is 0 Å². The maximum Gasteiger partial charge on any atom is 0.123 e. The highest BCUT2D eigenvalue weighted by molar-refractivity contribution is 7.83. The van der Waals surface area contributed by atoms with Crippen molar-refractivity contribution in [2.45, 2.75) is 45.8 Å². The third-order valence-corrected chi connectivity index (χ3v) is 6.34. The van der Waals surface area contributed by atoms with Gasteiger partial charge in [-0.15, -0.1) is 0 Å². The molecule has 0 aliphatic carbocycles. The molecule has 1 aromatic carbocycles. The molecule has 0 aromatic heterocycles. The average molecular weight is 450 g/mol. The smallest absolute Gasteiger partial charge is 0.123 e. The van der Waals surface area contributed by atoms with Crippen molar-refractivity contribution in [3.8, 4) is 11.8 Å². The van der Waals surface area contributed by atoms with Gasteiger partial charge in [-0.25, -0.2) is 8.51 Å². The van der Waals surface area contributed by atoms with Crippen LogP contribution in [-0.4, -0.2) is 59.9 Å². The van der Waals surface area contributed by atoms with E-state index in [1.807, 2.05) is 49.5 Å². The number of piperidine rings is 1. The van der Waals surface area contributed by atoms with Crippen LogP contribution in [0.15, 0.2) is 24.3 Å². The van der Waals surface area contributed by atoms with Gasteiger partial charge in [-0.3, -0.25) is 0 Å². The minimum absolute atomic E-state index is 0.188. The van der Waals surface area contributed by atoms with Gasteiger partial charge in [-0.1, -0.05) is 25.7 Å². The Morgan fingerprint density at radius 2 is 1.77 bits per heavy atom. The van der Waals surface area contributed by atoms with Crippen LogP contribution in [0.1, 0.15) is 40.5 Å². The number of ether oxygens (including phenoxy) is 1. The van der Waals surface area contributed by atoms with E-state index in [0.29, 0.717) is 19.1 Å². The minimum atomic E-state index is -0.858. The normalized spacial score (nSPS) is 15.5. The van der Waals surface area contributed by atoms with Gasteiger partial charge in [0.25, 0.3) is 0 Å². The lowest BCUT2D eigenvalue weighted by Gasteiger charge is -2.29. The van der Waals surface area contributed by atoms with Gasteiger partial charge in [0.05, 0.1) is 17.6 Å². The van der Waals surface area contributed by atoms with Crippen LogP contribution in [0.5, 0.6) is 0 Å². The van der Waals surface area contributed by atoms with Crippen molar-refractivity contribution < 1.29 is 13.7 Å². The first kappa shape index (κ1) is 27.2. The summed E-state index contributed by atoms with van der Waals surface area (Å²) in [6.45, 7) is 11.6. The van der Waals surface area contributed by atoms with Crippen molar-refractivity contribution >= 4 is 28.6 Å². The predicted molar refractivity (Wildman–Crippen MR) is 132 cm³/mol. The number of carbonyl (C=O) groups excluding carboxylic acids is 1. The second kappa shape index (κ2) is 15.9. The summed E-state index contributed by atoms with van der Waals surface area (Å²) in [5, 5.41) is 6.57. The largest absolute Gasteiger partial charge is 0.388 e. The second-order valence-electron chi connectivity index (χ2n) is 8.01. The lowest BCUT2D eigenvalue weighted by atomic mass is 10.0. The van der Waals surface area contributed by atoms with Gasteiger partial charge in [0.1, 0.15) is 12.9 Å². The summed E-state index contributed by atoms with van der Waals surface area (Å²) in [7, 11) is 1.05. The van der Waals surface area contributed by atoms with Crippen molar-refractivity contribution in [3.63, 3.8) is 0 Å². The Morgan fingerprint density at radius 1 is 1.16 bits per heavy atom. The lowest BCUT2D eigenvalue weighted by Crippen LogP contribution is -2.38. The Labute approximate surface area is 191 Å². The summed E-state index contributed by atoms with van der Waals surface area (Å²) >= 11 is 0. The molecule has 1 aromatic rings. The quantitative estimate of drug-likeness (QED) is 0.341. The number of nitrogens with zero attached hydrogens (tertiary/aromatic N) is 1. The summed E-state index contributed by atoms with van der Waals surface area (Å²) in [5.74, 6) is 6.66. The monoisotopic (exact) mass is 449 g/mol. The molecule has 31 heavy (non-hydrogen) atoms. The molecule has 0 radical (unpaired) electrons. The number of benzene rings is 1. The van der Waals surface area contributed by atoms with E-state index in [1.54, 1.807) is 0 Å². The van der Waals surface area contributed by atoms with Crippen molar-refractivity contribution in [1.82, 2.24) is 4.31 Å². The van der Waals surface area contributed by atoms with Crippen molar-refractivity contribution in [3.05, 3.63) is 24.3 Å². The summed E-state index contributed by atoms with van der Waals surface area (Å²) in [6.07, 6.45) is 2.75. The molecule has 174 valence electrons. The molecule has 1 heterocycles. The van der Waals surface area contributed by atoms with Gasteiger partial charge in [0, 0.05) is 55.1 Å². The van der Waals surface area contributed by atoms with E-state index in [0.717, 1.165) is 50.1 Å². The summed E-state index contributed by atoms with van der Waals surface area (Å²) in [5.41, 5.74) is 2.21. The molecule has 1 aliphatic rings. The second-order valence-corrected chi connectivity index (χ2v) is 10.0. The number of rotatable bonds is 9. The third kappa shape index (κ3) is 11.9. The van der Waals surface area contributed by atoms with E-state index in [9.17, 15) is 9.00 Å². The molecule has 1 atom stereocenters. The van der Waals surface area contributed by atoms with Gasteiger partial charge < -0.3 is 20.2 Å². The number of carbonyl (C=O) groups is 1. The van der Waals surface area contributed by atoms with Crippen LogP contribution in [0.3, 0.4) is 0 Å². The fourth-order valence-electron chi connectivity index (χ4n) is 2.88. The molecule has 1 saturated heterocycles. The fourth-order valence-corrected chi connectivity index (χ4v) is 4.05. The van der Waals surface area contributed by atoms with Crippen molar-refractivity contribution in [2.24, 2.45) is 11.8 Å². The molecule has 0 spiro atoms. The van der Waals surface area contributed by atoms with Crippen LogP contribution in [0.4, 0.5) is 11.4 Å². The average Bonchev–Trinajstić information content (AvgIpc) is 2.78.